The first-order valence-corrected chi connectivity index (χ1v) is 13.9. The molecule has 33 heavy (non-hydrogen) atoms. The Labute approximate surface area is 201 Å². The van der Waals surface area contributed by atoms with E-state index in [9.17, 15) is 15.0 Å². The van der Waals surface area contributed by atoms with Crippen molar-refractivity contribution in [3.05, 3.63) is 11.6 Å². The summed E-state index contributed by atoms with van der Waals surface area (Å²) in [5.41, 5.74) is 1.59. The molecule has 2 N–H and O–H groups in total. The van der Waals surface area contributed by atoms with Crippen LogP contribution in [0, 0.1) is 56.7 Å². The maximum Gasteiger partial charge on any atom is 0.310 e. The molecule has 3 heteroatoms. The highest BCUT2D eigenvalue weighted by Gasteiger charge is 2.69. The molecule has 3 nitrogen and oxygen atoms in total. The van der Waals surface area contributed by atoms with Crippen molar-refractivity contribution >= 4 is 5.97 Å². The van der Waals surface area contributed by atoms with Crippen LogP contribution in [0.15, 0.2) is 11.6 Å². The van der Waals surface area contributed by atoms with Crippen LogP contribution in [0.3, 0.4) is 0 Å². The number of carboxylic acid groups (broad SMARTS) is 1. The second-order valence-electron chi connectivity index (χ2n) is 14.3. The van der Waals surface area contributed by atoms with Crippen molar-refractivity contribution in [1.82, 2.24) is 0 Å². The van der Waals surface area contributed by atoms with E-state index >= 15 is 0 Å². The maximum atomic E-state index is 12.8. The molecule has 0 amide bonds. The van der Waals surface area contributed by atoms with Gasteiger partial charge in [0.15, 0.2) is 0 Å². The lowest BCUT2D eigenvalue weighted by atomic mass is 9.33. The Kier molecular flexibility index (Phi) is 5.31. The number of hydrogen-bond donors (Lipinski definition) is 2. The van der Waals surface area contributed by atoms with Crippen LogP contribution in [0.25, 0.3) is 0 Å². The van der Waals surface area contributed by atoms with Crippen LogP contribution in [-0.2, 0) is 4.79 Å². The van der Waals surface area contributed by atoms with Crippen LogP contribution >= 0.6 is 0 Å². The molecule has 10 atom stereocenters. The van der Waals surface area contributed by atoms with Gasteiger partial charge in [0, 0.05) is 6.61 Å². The fourth-order valence-corrected chi connectivity index (χ4v) is 11.0. The lowest BCUT2D eigenvalue weighted by molar-refractivity contribution is -0.195. The van der Waals surface area contributed by atoms with Crippen LogP contribution in [0.1, 0.15) is 106 Å². The average molecular weight is 457 g/mol. The predicted octanol–water partition coefficient (Wildman–Crippen LogP) is 7.09. The standard InChI is InChI=1S/C30H48O3/c1-19-10-15-30(25(32)33)17-16-28(5)21(24(30)20(19)2)8-9-23-27(4)13-7-12-26(3,18-31)22(27)11-14-29(23,28)6/h8,19-20,22-24,31H,7,9-18H2,1-6H3,(H,32,33)/t19-,20+,22?,23-,24+,26?,27+,28-,29-,30+/m1/s1. The van der Waals surface area contributed by atoms with Crippen LogP contribution in [0.5, 0.6) is 0 Å². The zero-order valence-corrected chi connectivity index (χ0v) is 22.0. The Hall–Kier alpha value is -0.830. The van der Waals surface area contributed by atoms with Crippen molar-refractivity contribution in [3.63, 3.8) is 0 Å². The van der Waals surface area contributed by atoms with Crippen molar-refractivity contribution in [1.29, 1.82) is 0 Å². The van der Waals surface area contributed by atoms with E-state index in [-0.39, 0.29) is 27.6 Å². The molecule has 0 spiro atoms. The number of aliphatic hydroxyl groups excluding tert-OH is 1. The molecule has 0 bridgehead atoms. The highest BCUT2D eigenvalue weighted by molar-refractivity contribution is 5.76. The molecule has 0 aromatic rings. The topological polar surface area (TPSA) is 57.5 Å². The number of aliphatic carboxylic acids is 1. The van der Waals surface area contributed by atoms with Crippen molar-refractivity contribution in [3.8, 4) is 0 Å². The molecular formula is C30H48O3. The number of rotatable bonds is 2. The van der Waals surface area contributed by atoms with E-state index in [0.717, 1.165) is 38.5 Å². The predicted molar refractivity (Wildman–Crippen MR) is 133 cm³/mol. The third-order valence-electron chi connectivity index (χ3n) is 13.3. The molecule has 0 aromatic carbocycles. The smallest absolute Gasteiger partial charge is 0.310 e. The minimum absolute atomic E-state index is 0.0531. The van der Waals surface area contributed by atoms with Gasteiger partial charge >= 0.3 is 5.97 Å². The van der Waals surface area contributed by atoms with E-state index in [2.05, 4.69) is 47.6 Å². The zero-order valence-electron chi connectivity index (χ0n) is 22.0. The third-order valence-corrected chi connectivity index (χ3v) is 13.3. The quantitative estimate of drug-likeness (QED) is 0.436. The number of carbonyl (C=O) groups is 1. The number of allylic oxidation sites excluding steroid dienone is 2. The molecule has 5 aliphatic carbocycles. The monoisotopic (exact) mass is 456 g/mol. The molecule has 0 heterocycles. The second kappa shape index (κ2) is 7.34. The lowest BCUT2D eigenvalue weighted by Gasteiger charge is -2.71. The second-order valence-corrected chi connectivity index (χ2v) is 14.3. The Morgan fingerprint density at radius 2 is 1.70 bits per heavy atom. The molecule has 0 saturated heterocycles. The van der Waals surface area contributed by atoms with E-state index in [0.29, 0.717) is 30.3 Å². The van der Waals surface area contributed by atoms with E-state index < -0.39 is 11.4 Å². The summed E-state index contributed by atoms with van der Waals surface area (Å²) in [7, 11) is 0. The fourth-order valence-electron chi connectivity index (χ4n) is 11.0. The van der Waals surface area contributed by atoms with Gasteiger partial charge in [-0.1, -0.05) is 59.6 Å². The molecule has 4 saturated carbocycles. The number of fused-ring (bicyclic) bond motifs is 7. The van der Waals surface area contributed by atoms with Crippen LogP contribution in [0.4, 0.5) is 0 Å². The van der Waals surface area contributed by atoms with Gasteiger partial charge in [-0.15, -0.1) is 0 Å². The van der Waals surface area contributed by atoms with Gasteiger partial charge < -0.3 is 10.2 Å². The molecule has 0 radical (unpaired) electrons. The SMILES string of the molecule is C[C@H]1[C@H](C)CC[C@]2(C(=O)O)CC[C@]3(C)C(=CC[C@@H]4[C@@]5(C)CCCC(C)(CO)C5CC[C@]43C)[C@H]12. The molecule has 5 aliphatic rings. The number of aliphatic hydroxyl groups is 1. The molecule has 0 aromatic heterocycles. The summed E-state index contributed by atoms with van der Waals surface area (Å²) in [6.07, 6.45) is 13.5. The summed E-state index contributed by atoms with van der Waals surface area (Å²) in [5.74, 6) is 1.89. The molecule has 0 aliphatic heterocycles. The highest BCUT2D eigenvalue weighted by Crippen LogP contribution is 2.75. The number of hydrogen-bond acceptors (Lipinski definition) is 2. The van der Waals surface area contributed by atoms with Gasteiger partial charge in [-0.05, 0) is 109 Å². The molecule has 2 unspecified atom stereocenters. The summed E-state index contributed by atoms with van der Waals surface area (Å²) in [5, 5.41) is 20.9. The molecule has 186 valence electrons. The molecule has 4 fully saturated rings. The molecular weight excluding hydrogens is 408 g/mol. The summed E-state index contributed by atoms with van der Waals surface area (Å²) >= 11 is 0. The van der Waals surface area contributed by atoms with Gasteiger partial charge in [-0.3, -0.25) is 4.79 Å². The van der Waals surface area contributed by atoms with Crippen LogP contribution in [0.2, 0.25) is 0 Å². The third kappa shape index (κ3) is 2.81. The first-order valence-electron chi connectivity index (χ1n) is 13.9. The summed E-state index contributed by atoms with van der Waals surface area (Å²) in [6.45, 7) is 15.0. The summed E-state index contributed by atoms with van der Waals surface area (Å²) in [4.78, 5) is 12.8. The number of carboxylic acids is 1. The highest BCUT2D eigenvalue weighted by atomic mass is 16.4. The van der Waals surface area contributed by atoms with Crippen LogP contribution in [-0.4, -0.2) is 22.8 Å². The maximum absolute atomic E-state index is 12.8. The summed E-state index contributed by atoms with van der Waals surface area (Å²) in [6, 6.07) is 0. The minimum atomic E-state index is -0.554. The fraction of sp³-hybridized carbons (Fsp3) is 0.900. The minimum Gasteiger partial charge on any atom is -0.481 e. The molecule has 5 rings (SSSR count). The summed E-state index contributed by atoms with van der Waals surface area (Å²) < 4.78 is 0. The zero-order chi connectivity index (χ0) is 24.0. The van der Waals surface area contributed by atoms with E-state index in [1.165, 1.54) is 31.3 Å². The van der Waals surface area contributed by atoms with Crippen molar-refractivity contribution in [2.45, 2.75) is 106 Å². The van der Waals surface area contributed by atoms with Gasteiger partial charge in [-0.25, -0.2) is 0 Å². The first kappa shape index (κ1) is 23.9. The Morgan fingerprint density at radius 3 is 2.36 bits per heavy atom. The van der Waals surface area contributed by atoms with Crippen molar-refractivity contribution in [2.24, 2.45) is 56.7 Å². The van der Waals surface area contributed by atoms with Gasteiger partial charge in [0.2, 0.25) is 0 Å². The van der Waals surface area contributed by atoms with Gasteiger partial charge in [0.05, 0.1) is 5.41 Å². The van der Waals surface area contributed by atoms with Crippen LogP contribution < -0.4 is 0 Å². The first-order chi connectivity index (χ1) is 15.4. The van der Waals surface area contributed by atoms with Gasteiger partial charge in [0.25, 0.3) is 0 Å². The van der Waals surface area contributed by atoms with E-state index in [1.54, 1.807) is 0 Å². The Bertz CT molecular complexity index is 863. The van der Waals surface area contributed by atoms with E-state index in [1.807, 2.05) is 0 Å². The largest absolute Gasteiger partial charge is 0.481 e. The average Bonchev–Trinajstić information content (AvgIpc) is 2.76. The van der Waals surface area contributed by atoms with Crippen molar-refractivity contribution < 1.29 is 15.0 Å². The van der Waals surface area contributed by atoms with Crippen molar-refractivity contribution in [2.75, 3.05) is 6.61 Å². The van der Waals surface area contributed by atoms with Gasteiger partial charge in [-0.2, -0.15) is 0 Å². The normalized spacial score (nSPS) is 56.0. The Morgan fingerprint density at radius 1 is 0.970 bits per heavy atom. The van der Waals surface area contributed by atoms with E-state index in [4.69, 9.17) is 0 Å². The Balaban J connectivity index is 1.61. The van der Waals surface area contributed by atoms with Gasteiger partial charge in [0.1, 0.15) is 0 Å². The lowest BCUT2D eigenvalue weighted by Crippen LogP contribution is -2.64.